The summed E-state index contributed by atoms with van der Waals surface area (Å²) in [6.07, 6.45) is 2.48. The SMILES string of the molecule is O=[N+]([O-])c1c(Cl)nc2c(c1Cl)CCC2. The van der Waals surface area contributed by atoms with Crippen LogP contribution in [0, 0.1) is 10.1 Å². The number of fused-ring (bicyclic) bond motifs is 1. The van der Waals surface area contributed by atoms with Gasteiger partial charge < -0.3 is 0 Å². The molecule has 4 nitrogen and oxygen atoms in total. The topological polar surface area (TPSA) is 56.0 Å². The van der Waals surface area contributed by atoms with Gasteiger partial charge in [0.1, 0.15) is 5.02 Å². The van der Waals surface area contributed by atoms with Crippen molar-refractivity contribution in [1.82, 2.24) is 4.98 Å². The molecular weight excluding hydrogens is 227 g/mol. The van der Waals surface area contributed by atoms with Crippen LogP contribution in [0.5, 0.6) is 0 Å². The quantitative estimate of drug-likeness (QED) is 0.425. The molecule has 0 aromatic carbocycles. The average Bonchev–Trinajstić information content (AvgIpc) is 2.50. The Hall–Kier alpha value is -0.870. The summed E-state index contributed by atoms with van der Waals surface area (Å²) in [5, 5.41) is 10.7. The van der Waals surface area contributed by atoms with E-state index in [-0.39, 0.29) is 15.9 Å². The van der Waals surface area contributed by atoms with Gasteiger partial charge in [-0.1, -0.05) is 23.2 Å². The highest BCUT2D eigenvalue weighted by Crippen LogP contribution is 2.38. The van der Waals surface area contributed by atoms with Crippen LogP contribution in [-0.4, -0.2) is 9.91 Å². The van der Waals surface area contributed by atoms with Crippen molar-refractivity contribution in [3.63, 3.8) is 0 Å². The molecule has 0 aliphatic heterocycles. The first-order chi connectivity index (χ1) is 6.61. The molecular formula is C8H6Cl2N2O2. The lowest BCUT2D eigenvalue weighted by Crippen LogP contribution is -1.98. The van der Waals surface area contributed by atoms with Gasteiger partial charge in [0.25, 0.3) is 0 Å². The molecule has 0 atom stereocenters. The van der Waals surface area contributed by atoms with Crippen molar-refractivity contribution in [2.75, 3.05) is 0 Å². The lowest BCUT2D eigenvalue weighted by molar-refractivity contribution is -0.384. The Kier molecular flexibility index (Phi) is 2.33. The molecule has 1 heterocycles. The van der Waals surface area contributed by atoms with Crippen LogP contribution in [0.1, 0.15) is 17.7 Å². The molecule has 14 heavy (non-hydrogen) atoms. The van der Waals surface area contributed by atoms with Crippen molar-refractivity contribution in [1.29, 1.82) is 0 Å². The fraction of sp³-hybridized carbons (Fsp3) is 0.375. The molecule has 0 radical (unpaired) electrons. The van der Waals surface area contributed by atoms with Crippen LogP contribution < -0.4 is 0 Å². The van der Waals surface area contributed by atoms with Gasteiger partial charge in [-0.15, -0.1) is 0 Å². The van der Waals surface area contributed by atoms with Gasteiger partial charge in [0.05, 0.1) is 4.92 Å². The normalized spacial score (nSPS) is 14.1. The average molecular weight is 233 g/mol. The number of aryl methyl sites for hydroxylation is 1. The second kappa shape index (κ2) is 3.37. The van der Waals surface area contributed by atoms with E-state index >= 15 is 0 Å². The van der Waals surface area contributed by atoms with E-state index in [2.05, 4.69) is 4.98 Å². The van der Waals surface area contributed by atoms with Gasteiger partial charge in [-0.2, -0.15) is 0 Å². The van der Waals surface area contributed by atoms with E-state index in [4.69, 9.17) is 23.2 Å². The standard InChI is InChI=1S/C8H6Cl2N2O2/c9-6-4-2-1-3-5(4)11-8(10)7(6)12(13)14/h1-3H2. The molecule has 0 saturated carbocycles. The summed E-state index contributed by atoms with van der Waals surface area (Å²) in [5.41, 5.74) is 1.31. The van der Waals surface area contributed by atoms with E-state index in [1.54, 1.807) is 0 Å². The summed E-state index contributed by atoms with van der Waals surface area (Å²) in [6.45, 7) is 0. The van der Waals surface area contributed by atoms with Crippen LogP contribution in [-0.2, 0) is 12.8 Å². The fourth-order valence-corrected chi connectivity index (χ4v) is 2.32. The maximum atomic E-state index is 10.6. The van der Waals surface area contributed by atoms with Crippen molar-refractivity contribution in [3.8, 4) is 0 Å². The van der Waals surface area contributed by atoms with Crippen LogP contribution >= 0.6 is 23.2 Å². The Morgan fingerprint density at radius 1 is 1.36 bits per heavy atom. The number of hydrogen-bond acceptors (Lipinski definition) is 3. The van der Waals surface area contributed by atoms with Crippen molar-refractivity contribution >= 4 is 28.9 Å². The minimum absolute atomic E-state index is 0.111. The number of hydrogen-bond donors (Lipinski definition) is 0. The monoisotopic (exact) mass is 232 g/mol. The van der Waals surface area contributed by atoms with Gasteiger partial charge in [-0.25, -0.2) is 4.98 Å². The van der Waals surface area contributed by atoms with Gasteiger partial charge >= 0.3 is 5.69 Å². The predicted octanol–water partition coefficient (Wildman–Crippen LogP) is 2.79. The maximum absolute atomic E-state index is 10.6. The molecule has 0 unspecified atom stereocenters. The van der Waals surface area contributed by atoms with E-state index in [0.29, 0.717) is 0 Å². The largest absolute Gasteiger partial charge is 0.325 e. The number of pyridine rings is 1. The summed E-state index contributed by atoms with van der Waals surface area (Å²) >= 11 is 11.6. The van der Waals surface area contributed by atoms with Crippen LogP contribution in [0.15, 0.2) is 0 Å². The zero-order valence-electron chi connectivity index (χ0n) is 7.09. The molecule has 0 saturated heterocycles. The van der Waals surface area contributed by atoms with Gasteiger partial charge in [0, 0.05) is 5.69 Å². The molecule has 2 rings (SSSR count). The number of rotatable bonds is 1. The van der Waals surface area contributed by atoms with E-state index < -0.39 is 4.92 Å². The lowest BCUT2D eigenvalue weighted by atomic mass is 10.2. The maximum Gasteiger partial charge on any atom is 0.325 e. The van der Waals surface area contributed by atoms with Crippen LogP contribution in [0.3, 0.4) is 0 Å². The zero-order chi connectivity index (χ0) is 10.3. The molecule has 74 valence electrons. The van der Waals surface area contributed by atoms with Crippen LogP contribution in [0.25, 0.3) is 0 Å². The molecule has 1 aliphatic rings. The van der Waals surface area contributed by atoms with Crippen molar-refractivity contribution in [3.05, 3.63) is 31.5 Å². The minimum atomic E-state index is -0.587. The summed E-state index contributed by atoms with van der Waals surface area (Å²) in [4.78, 5) is 14.0. The Bertz CT molecular complexity index is 420. The number of nitro groups is 1. The highest BCUT2D eigenvalue weighted by atomic mass is 35.5. The number of aromatic nitrogens is 1. The first kappa shape index (κ1) is 9.68. The van der Waals surface area contributed by atoms with Crippen molar-refractivity contribution in [2.45, 2.75) is 19.3 Å². The third-order valence-corrected chi connectivity index (χ3v) is 2.94. The predicted molar refractivity (Wildman–Crippen MR) is 52.9 cm³/mol. The van der Waals surface area contributed by atoms with E-state index in [9.17, 15) is 10.1 Å². The molecule has 0 bridgehead atoms. The molecule has 1 aliphatic carbocycles. The summed E-state index contributed by atoms with van der Waals surface area (Å²) in [6, 6.07) is 0. The fourth-order valence-electron chi connectivity index (χ4n) is 1.65. The summed E-state index contributed by atoms with van der Waals surface area (Å²) in [5.74, 6) is 0. The molecule has 0 fully saturated rings. The smallest absolute Gasteiger partial charge is 0.258 e. The van der Waals surface area contributed by atoms with Gasteiger partial charge in [-0.05, 0) is 24.8 Å². The van der Waals surface area contributed by atoms with E-state index in [0.717, 1.165) is 30.5 Å². The first-order valence-corrected chi connectivity index (χ1v) is 4.88. The Morgan fingerprint density at radius 3 is 2.71 bits per heavy atom. The lowest BCUT2D eigenvalue weighted by Gasteiger charge is -2.03. The molecule has 1 aromatic heterocycles. The second-order valence-electron chi connectivity index (χ2n) is 3.10. The van der Waals surface area contributed by atoms with Crippen molar-refractivity contribution < 1.29 is 4.92 Å². The molecule has 0 amide bonds. The Morgan fingerprint density at radius 2 is 2.07 bits per heavy atom. The number of nitrogens with zero attached hydrogens (tertiary/aromatic N) is 2. The third-order valence-electron chi connectivity index (χ3n) is 2.27. The molecule has 1 aromatic rings. The van der Waals surface area contributed by atoms with Gasteiger partial charge in [0.15, 0.2) is 0 Å². The number of halogens is 2. The second-order valence-corrected chi connectivity index (χ2v) is 3.84. The van der Waals surface area contributed by atoms with Crippen molar-refractivity contribution in [2.24, 2.45) is 0 Å². The minimum Gasteiger partial charge on any atom is -0.258 e. The molecule has 6 heteroatoms. The Labute approximate surface area is 90.0 Å². The summed E-state index contributed by atoms with van der Waals surface area (Å²) in [7, 11) is 0. The van der Waals surface area contributed by atoms with Crippen LogP contribution in [0.2, 0.25) is 10.2 Å². The van der Waals surface area contributed by atoms with Gasteiger partial charge in [-0.3, -0.25) is 10.1 Å². The molecule has 0 N–H and O–H groups in total. The molecule has 0 spiro atoms. The zero-order valence-corrected chi connectivity index (χ0v) is 8.60. The van der Waals surface area contributed by atoms with Crippen LogP contribution in [0.4, 0.5) is 5.69 Å². The van der Waals surface area contributed by atoms with Gasteiger partial charge in [0.2, 0.25) is 5.15 Å². The first-order valence-electron chi connectivity index (χ1n) is 4.12. The van der Waals surface area contributed by atoms with E-state index in [1.807, 2.05) is 0 Å². The third kappa shape index (κ3) is 1.35. The highest BCUT2D eigenvalue weighted by molar-refractivity contribution is 6.38. The summed E-state index contributed by atoms with van der Waals surface area (Å²) < 4.78 is 0. The van der Waals surface area contributed by atoms with E-state index in [1.165, 1.54) is 0 Å². The highest BCUT2D eigenvalue weighted by Gasteiger charge is 2.27. The Balaban J connectivity index is 2.68.